The van der Waals surface area contributed by atoms with E-state index in [9.17, 15) is 5.11 Å². The summed E-state index contributed by atoms with van der Waals surface area (Å²) in [6.07, 6.45) is 8.66. The molecule has 5 heteroatoms. The first-order valence-corrected chi connectivity index (χ1v) is 12.0. The first-order valence-electron chi connectivity index (χ1n) is 12.0. The van der Waals surface area contributed by atoms with Crippen LogP contribution in [-0.4, -0.2) is 60.9 Å². The number of para-hydroxylation sites is 2. The predicted molar refractivity (Wildman–Crippen MR) is 126 cm³/mol. The van der Waals surface area contributed by atoms with Crippen molar-refractivity contribution in [3.8, 4) is 5.75 Å². The Morgan fingerprint density at radius 2 is 1.74 bits per heavy atom. The second-order valence-electron chi connectivity index (χ2n) is 9.04. The quantitative estimate of drug-likeness (QED) is 0.685. The van der Waals surface area contributed by atoms with E-state index in [0.29, 0.717) is 5.92 Å². The molecular formula is C26H37N3O2. The van der Waals surface area contributed by atoms with Crippen LogP contribution in [0.15, 0.2) is 48.7 Å². The van der Waals surface area contributed by atoms with Crippen molar-refractivity contribution in [3.05, 3.63) is 54.4 Å². The summed E-state index contributed by atoms with van der Waals surface area (Å²) in [5, 5.41) is 11.3. The molecule has 5 nitrogen and oxygen atoms in total. The first kappa shape index (κ1) is 22.1. The molecule has 1 aromatic carbocycles. The number of rotatable bonds is 8. The van der Waals surface area contributed by atoms with Crippen LogP contribution >= 0.6 is 0 Å². The van der Waals surface area contributed by atoms with Gasteiger partial charge in [-0.25, -0.2) is 0 Å². The molecule has 0 bridgehead atoms. The molecule has 2 fully saturated rings. The highest BCUT2D eigenvalue weighted by molar-refractivity contribution is 5.58. The molecule has 1 saturated heterocycles. The van der Waals surface area contributed by atoms with E-state index in [1.807, 2.05) is 24.4 Å². The standard InChI is InChI=1S/C26H37N3O2/c1-31-25-13-6-5-12-24(25)29-19-17-28(18-20-29)16-14-22(23-11-7-8-15-27-23)26(30)21-9-3-2-4-10-21/h5-8,11-13,15,21-22,26,30H,2-4,9-10,14,16-20H2,1H3. The molecule has 1 N–H and O–H groups in total. The fourth-order valence-electron chi connectivity index (χ4n) is 5.32. The van der Waals surface area contributed by atoms with Gasteiger partial charge in [0.25, 0.3) is 0 Å². The Kier molecular flexibility index (Phi) is 7.81. The third-order valence-corrected chi connectivity index (χ3v) is 7.17. The largest absolute Gasteiger partial charge is 0.495 e. The van der Waals surface area contributed by atoms with E-state index in [2.05, 4.69) is 39.0 Å². The maximum atomic E-state index is 11.3. The number of nitrogens with zero attached hydrogens (tertiary/aromatic N) is 3. The Morgan fingerprint density at radius 3 is 2.45 bits per heavy atom. The van der Waals surface area contributed by atoms with Crippen molar-refractivity contribution < 1.29 is 9.84 Å². The average Bonchev–Trinajstić information content (AvgIpc) is 2.85. The van der Waals surface area contributed by atoms with Gasteiger partial charge in [0.1, 0.15) is 5.75 Å². The molecule has 1 aliphatic carbocycles. The Hall–Kier alpha value is -2.11. The zero-order valence-corrected chi connectivity index (χ0v) is 18.8. The van der Waals surface area contributed by atoms with E-state index in [4.69, 9.17) is 4.74 Å². The maximum Gasteiger partial charge on any atom is 0.142 e. The van der Waals surface area contributed by atoms with Crippen molar-refractivity contribution >= 4 is 5.69 Å². The van der Waals surface area contributed by atoms with E-state index in [0.717, 1.165) is 63.4 Å². The lowest BCUT2D eigenvalue weighted by Gasteiger charge is -2.38. The number of aliphatic hydroxyl groups excluding tert-OH is 1. The molecule has 1 aromatic heterocycles. The number of ether oxygens (including phenoxy) is 1. The minimum Gasteiger partial charge on any atom is -0.495 e. The molecule has 2 aromatic rings. The Morgan fingerprint density at radius 1 is 1.00 bits per heavy atom. The topological polar surface area (TPSA) is 48.8 Å². The lowest BCUT2D eigenvalue weighted by atomic mass is 9.78. The van der Waals surface area contributed by atoms with Gasteiger partial charge in [-0.05, 0) is 56.0 Å². The monoisotopic (exact) mass is 423 g/mol. The van der Waals surface area contributed by atoms with Crippen LogP contribution in [0, 0.1) is 5.92 Å². The van der Waals surface area contributed by atoms with Crippen LogP contribution in [0.25, 0.3) is 0 Å². The average molecular weight is 424 g/mol. The van der Waals surface area contributed by atoms with Crippen LogP contribution in [0.5, 0.6) is 5.75 Å². The zero-order chi connectivity index (χ0) is 21.5. The Labute approximate surface area is 187 Å². The van der Waals surface area contributed by atoms with Crippen LogP contribution in [0.2, 0.25) is 0 Å². The molecule has 168 valence electrons. The molecule has 0 spiro atoms. The zero-order valence-electron chi connectivity index (χ0n) is 18.8. The van der Waals surface area contributed by atoms with Crippen molar-refractivity contribution in [2.75, 3.05) is 44.7 Å². The summed E-state index contributed by atoms with van der Waals surface area (Å²) in [7, 11) is 1.74. The van der Waals surface area contributed by atoms with Gasteiger partial charge in [0.15, 0.2) is 0 Å². The van der Waals surface area contributed by atoms with Gasteiger partial charge < -0.3 is 14.7 Å². The van der Waals surface area contributed by atoms with Crippen LogP contribution in [0.3, 0.4) is 0 Å². The summed E-state index contributed by atoms with van der Waals surface area (Å²) < 4.78 is 5.55. The molecule has 0 radical (unpaired) electrons. The SMILES string of the molecule is COc1ccccc1N1CCN(CCC(c2ccccn2)C(O)C2CCCCC2)CC1. The smallest absolute Gasteiger partial charge is 0.142 e. The van der Waals surface area contributed by atoms with E-state index >= 15 is 0 Å². The van der Waals surface area contributed by atoms with Gasteiger partial charge in [-0.2, -0.15) is 0 Å². The fraction of sp³-hybridized carbons (Fsp3) is 0.577. The summed E-state index contributed by atoms with van der Waals surface area (Å²) in [6, 6.07) is 14.4. The molecular weight excluding hydrogens is 386 g/mol. The molecule has 2 unspecified atom stereocenters. The van der Waals surface area contributed by atoms with E-state index in [1.165, 1.54) is 24.9 Å². The molecule has 2 atom stereocenters. The second kappa shape index (κ2) is 11.0. The molecule has 4 rings (SSSR count). The van der Waals surface area contributed by atoms with Crippen molar-refractivity contribution in [1.29, 1.82) is 0 Å². The van der Waals surface area contributed by atoms with Gasteiger partial charge >= 0.3 is 0 Å². The number of aliphatic hydroxyl groups is 1. The van der Waals surface area contributed by atoms with E-state index in [-0.39, 0.29) is 12.0 Å². The third kappa shape index (κ3) is 5.58. The normalized spacial score (nSPS) is 20.4. The van der Waals surface area contributed by atoms with Crippen molar-refractivity contribution in [2.24, 2.45) is 5.92 Å². The first-order chi connectivity index (χ1) is 15.3. The minimum absolute atomic E-state index is 0.122. The summed E-state index contributed by atoms with van der Waals surface area (Å²) >= 11 is 0. The number of hydrogen-bond acceptors (Lipinski definition) is 5. The number of pyridine rings is 1. The Bertz CT molecular complexity index is 786. The highest BCUT2D eigenvalue weighted by Crippen LogP contribution is 2.35. The number of benzene rings is 1. The molecule has 0 amide bonds. The van der Waals surface area contributed by atoms with Gasteiger partial charge in [-0.15, -0.1) is 0 Å². The van der Waals surface area contributed by atoms with Gasteiger partial charge in [0.05, 0.1) is 18.9 Å². The van der Waals surface area contributed by atoms with Gasteiger partial charge in [0.2, 0.25) is 0 Å². The highest BCUT2D eigenvalue weighted by Gasteiger charge is 2.31. The third-order valence-electron chi connectivity index (χ3n) is 7.17. The van der Waals surface area contributed by atoms with E-state index < -0.39 is 0 Å². The number of aromatic nitrogens is 1. The minimum atomic E-state index is -0.287. The molecule has 1 saturated carbocycles. The molecule has 2 aliphatic rings. The number of anilines is 1. The highest BCUT2D eigenvalue weighted by atomic mass is 16.5. The fourth-order valence-corrected chi connectivity index (χ4v) is 5.32. The summed E-state index contributed by atoms with van der Waals surface area (Å²) in [5.41, 5.74) is 2.23. The lowest BCUT2D eigenvalue weighted by molar-refractivity contribution is 0.0523. The molecule has 2 heterocycles. The number of piperazine rings is 1. The number of methoxy groups -OCH3 is 1. The van der Waals surface area contributed by atoms with Crippen LogP contribution in [-0.2, 0) is 0 Å². The van der Waals surface area contributed by atoms with E-state index in [1.54, 1.807) is 7.11 Å². The summed E-state index contributed by atoms with van der Waals surface area (Å²) in [6.45, 7) is 5.07. The maximum absolute atomic E-state index is 11.3. The van der Waals surface area contributed by atoms with Crippen molar-refractivity contribution in [3.63, 3.8) is 0 Å². The van der Waals surface area contributed by atoms with Gasteiger partial charge in [-0.3, -0.25) is 9.88 Å². The van der Waals surface area contributed by atoms with Crippen LogP contribution in [0.4, 0.5) is 5.69 Å². The van der Waals surface area contributed by atoms with Crippen molar-refractivity contribution in [1.82, 2.24) is 9.88 Å². The van der Waals surface area contributed by atoms with Crippen LogP contribution in [0.1, 0.15) is 50.1 Å². The second-order valence-corrected chi connectivity index (χ2v) is 9.04. The van der Waals surface area contributed by atoms with Gasteiger partial charge in [-0.1, -0.05) is 37.5 Å². The molecule has 1 aliphatic heterocycles. The van der Waals surface area contributed by atoms with Crippen LogP contribution < -0.4 is 9.64 Å². The Balaban J connectivity index is 1.35. The lowest BCUT2D eigenvalue weighted by Crippen LogP contribution is -2.47. The van der Waals surface area contributed by atoms with Crippen molar-refractivity contribution in [2.45, 2.75) is 50.5 Å². The predicted octanol–water partition coefficient (Wildman–Crippen LogP) is 4.33. The molecule has 31 heavy (non-hydrogen) atoms. The summed E-state index contributed by atoms with van der Waals surface area (Å²) in [4.78, 5) is 9.59. The number of hydrogen-bond donors (Lipinski definition) is 1. The van der Waals surface area contributed by atoms with Gasteiger partial charge in [0, 0.05) is 44.0 Å². The summed E-state index contributed by atoms with van der Waals surface area (Å²) in [5.74, 6) is 1.49.